The molecule has 15 heavy (non-hydrogen) atoms. The van der Waals surface area contributed by atoms with Crippen molar-refractivity contribution in [1.82, 2.24) is 0 Å². The number of hydrogen-bond acceptors (Lipinski definition) is 1. The lowest BCUT2D eigenvalue weighted by atomic mass is 9.98. The predicted octanol–water partition coefficient (Wildman–Crippen LogP) is 4.72. The molecule has 1 fully saturated rings. The molecule has 0 aromatic rings. The van der Waals surface area contributed by atoms with E-state index in [1.165, 1.54) is 38.5 Å². The molecule has 90 valence electrons. The van der Waals surface area contributed by atoms with Crippen LogP contribution < -0.4 is 0 Å². The van der Waals surface area contributed by atoms with Gasteiger partial charge in [0.25, 0.3) is 0 Å². The third-order valence-electron chi connectivity index (χ3n) is 3.40. The Morgan fingerprint density at radius 1 is 1.07 bits per heavy atom. The molecule has 0 radical (unpaired) electrons. The van der Waals surface area contributed by atoms with Crippen LogP contribution in [0.3, 0.4) is 0 Å². The summed E-state index contributed by atoms with van der Waals surface area (Å²) >= 11 is 2.60. The van der Waals surface area contributed by atoms with Crippen LogP contribution in [-0.4, -0.2) is 16.1 Å². The van der Waals surface area contributed by atoms with Crippen LogP contribution in [0.4, 0.5) is 0 Å². The Hall–Kier alpha value is 0.690. The summed E-state index contributed by atoms with van der Waals surface area (Å²) in [5.74, 6) is 0. The second-order valence-electron chi connectivity index (χ2n) is 4.62. The van der Waals surface area contributed by atoms with Crippen molar-refractivity contribution in [3.63, 3.8) is 0 Å². The van der Waals surface area contributed by atoms with E-state index in [9.17, 15) is 0 Å². The summed E-state index contributed by atoms with van der Waals surface area (Å²) in [4.78, 5) is 0. The van der Waals surface area contributed by atoms with Gasteiger partial charge >= 0.3 is 0 Å². The van der Waals surface area contributed by atoms with Crippen LogP contribution in [0.1, 0.15) is 65.2 Å². The zero-order chi connectivity index (χ0) is 11.1. The topological polar surface area (TPSA) is 9.23 Å². The van der Waals surface area contributed by atoms with Gasteiger partial charge in [0.15, 0.2) is 0 Å². The zero-order valence-electron chi connectivity index (χ0n) is 10.2. The van der Waals surface area contributed by atoms with Gasteiger partial charge in [-0.1, -0.05) is 62.1 Å². The van der Waals surface area contributed by atoms with Crippen molar-refractivity contribution in [2.45, 2.75) is 81.3 Å². The van der Waals surface area contributed by atoms with Crippen molar-refractivity contribution >= 4 is 22.6 Å². The fourth-order valence-electron chi connectivity index (χ4n) is 2.29. The average Bonchev–Trinajstić information content (AvgIpc) is 2.24. The molecule has 0 aromatic heterocycles. The maximum absolute atomic E-state index is 6.23. The third kappa shape index (κ3) is 5.03. The van der Waals surface area contributed by atoms with Crippen molar-refractivity contribution in [2.24, 2.45) is 0 Å². The van der Waals surface area contributed by atoms with Gasteiger partial charge in [0, 0.05) is 3.92 Å². The molecule has 1 rings (SSSR count). The van der Waals surface area contributed by atoms with Crippen molar-refractivity contribution in [3.05, 3.63) is 0 Å². The van der Waals surface area contributed by atoms with Crippen molar-refractivity contribution in [2.75, 3.05) is 0 Å². The number of ether oxygens (including phenoxy) is 1. The molecular weight excluding hydrogens is 299 g/mol. The summed E-state index contributed by atoms with van der Waals surface area (Å²) in [5.41, 5.74) is 0. The number of hydrogen-bond donors (Lipinski definition) is 0. The predicted molar refractivity (Wildman–Crippen MR) is 74.8 cm³/mol. The molecule has 1 aliphatic carbocycles. The molecular formula is C13H25IO. The summed E-state index contributed by atoms with van der Waals surface area (Å²) < 4.78 is 6.97. The van der Waals surface area contributed by atoms with Gasteiger partial charge in [0.1, 0.15) is 0 Å². The maximum atomic E-state index is 6.23. The molecule has 1 saturated carbocycles. The lowest BCUT2D eigenvalue weighted by Gasteiger charge is -2.29. The minimum Gasteiger partial charge on any atom is -0.374 e. The average molecular weight is 324 g/mol. The van der Waals surface area contributed by atoms with Gasteiger partial charge in [-0.05, 0) is 25.7 Å². The van der Waals surface area contributed by atoms with Crippen LogP contribution in [0.15, 0.2) is 0 Å². The molecule has 0 aliphatic heterocycles. The number of alkyl halides is 1. The lowest BCUT2D eigenvalue weighted by molar-refractivity contribution is -0.0218. The quantitative estimate of drug-likeness (QED) is 0.537. The minimum absolute atomic E-state index is 0.492. The van der Waals surface area contributed by atoms with E-state index in [2.05, 4.69) is 36.4 Å². The monoisotopic (exact) mass is 324 g/mol. The van der Waals surface area contributed by atoms with Crippen LogP contribution in [0.2, 0.25) is 0 Å². The third-order valence-corrected chi connectivity index (χ3v) is 4.82. The molecule has 0 heterocycles. The molecule has 2 unspecified atom stereocenters. The van der Waals surface area contributed by atoms with Gasteiger partial charge in [-0.25, -0.2) is 0 Å². The normalized spacial score (nSPS) is 28.8. The summed E-state index contributed by atoms with van der Waals surface area (Å²) in [6, 6.07) is 0. The first-order valence-corrected chi connectivity index (χ1v) is 7.82. The van der Waals surface area contributed by atoms with E-state index in [-0.39, 0.29) is 0 Å². The highest BCUT2D eigenvalue weighted by Gasteiger charge is 2.23. The molecule has 0 saturated heterocycles. The number of rotatable bonds is 4. The zero-order valence-corrected chi connectivity index (χ0v) is 12.3. The van der Waals surface area contributed by atoms with Crippen LogP contribution in [0.25, 0.3) is 0 Å². The Morgan fingerprint density at radius 2 is 1.67 bits per heavy atom. The maximum Gasteiger partial charge on any atom is 0.0696 e. The molecule has 0 aromatic carbocycles. The van der Waals surface area contributed by atoms with Gasteiger partial charge in [0.05, 0.1) is 12.2 Å². The Kier molecular flexibility index (Phi) is 7.23. The fourth-order valence-corrected chi connectivity index (χ4v) is 3.26. The largest absolute Gasteiger partial charge is 0.374 e. The van der Waals surface area contributed by atoms with E-state index >= 15 is 0 Å². The van der Waals surface area contributed by atoms with Crippen molar-refractivity contribution in [3.8, 4) is 0 Å². The highest BCUT2D eigenvalue weighted by atomic mass is 127. The van der Waals surface area contributed by atoms with Crippen LogP contribution in [-0.2, 0) is 4.74 Å². The molecule has 2 heteroatoms. The van der Waals surface area contributed by atoms with Crippen LogP contribution >= 0.6 is 22.6 Å². The second-order valence-corrected chi connectivity index (χ2v) is 6.22. The summed E-state index contributed by atoms with van der Waals surface area (Å²) in [6.45, 7) is 4.47. The molecule has 0 N–H and O–H groups in total. The van der Waals surface area contributed by atoms with Gasteiger partial charge in [-0.2, -0.15) is 0 Å². The first-order valence-electron chi connectivity index (χ1n) is 6.57. The molecule has 0 bridgehead atoms. The fraction of sp³-hybridized carbons (Fsp3) is 1.00. The molecule has 0 spiro atoms. The highest BCUT2D eigenvalue weighted by molar-refractivity contribution is 14.1. The van der Waals surface area contributed by atoms with Gasteiger partial charge < -0.3 is 4.74 Å². The Bertz CT molecular complexity index is 157. The number of halogens is 1. The molecule has 1 aliphatic rings. The van der Waals surface area contributed by atoms with E-state index in [1.807, 2.05) is 0 Å². The summed E-state index contributed by atoms with van der Waals surface area (Å²) in [5, 5.41) is 0. The summed E-state index contributed by atoms with van der Waals surface area (Å²) in [7, 11) is 0. The second kappa shape index (κ2) is 7.88. The van der Waals surface area contributed by atoms with E-state index in [0.717, 1.165) is 16.8 Å². The van der Waals surface area contributed by atoms with Gasteiger partial charge in [-0.3, -0.25) is 0 Å². The van der Waals surface area contributed by atoms with E-state index < -0.39 is 0 Å². The van der Waals surface area contributed by atoms with Crippen molar-refractivity contribution in [1.29, 1.82) is 0 Å². The van der Waals surface area contributed by atoms with Gasteiger partial charge in [0.2, 0.25) is 0 Å². The van der Waals surface area contributed by atoms with Crippen LogP contribution in [0, 0.1) is 0 Å². The standard InChI is InChI=1S/C13H25IO/c1-3-11(4-2)15-13-10-8-6-5-7-9-12(13)14/h11-13H,3-10H2,1-2H3. The van der Waals surface area contributed by atoms with Crippen LogP contribution in [0.5, 0.6) is 0 Å². The SMILES string of the molecule is CCC(CC)OC1CCCCCCC1I. The molecule has 0 amide bonds. The minimum atomic E-state index is 0.492. The van der Waals surface area contributed by atoms with E-state index in [1.54, 1.807) is 0 Å². The van der Waals surface area contributed by atoms with E-state index in [4.69, 9.17) is 4.74 Å². The van der Waals surface area contributed by atoms with Gasteiger partial charge in [-0.15, -0.1) is 0 Å². The Balaban J connectivity index is 2.40. The Morgan fingerprint density at radius 3 is 2.27 bits per heavy atom. The smallest absolute Gasteiger partial charge is 0.0696 e. The lowest BCUT2D eigenvalue weighted by Crippen LogP contribution is -2.30. The first kappa shape index (κ1) is 13.8. The van der Waals surface area contributed by atoms with Crippen molar-refractivity contribution < 1.29 is 4.74 Å². The van der Waals surface area contributed by atoms with E-state index in [0.29, 0.717) is 12.2 Å². The summed E-state index contributed by atoms with van der Waals surface area (Å²) in [6.07, 6.45) is 11.6. The molecule has 2 atom stereocenters. The Labute approximate surface area is 108 Å². The highest BCUT2D eigenvalue weighted by Crippen LogP contribution is 2.27. The molecule has 1 nitrogen and oxygen atoms in total. The first-order chi connectivity index (χ1) is 7.27.